The van der Waals surface area contributed by atoms with E-state index in [2.05, 4.69) is 30.1 Å². The van der Waals surface area contributed by atoms with Crippen molar-refractivity contribution in [3.8, 4) is 0 Å². The van der Waals surface area contributed by atoms with Gasteiger partial charge in [0, 0.05) is 29.3 Å². The summed E-state index contributed by atoms with van der Waals surface area (Å²) < 4.78 is 15.6. The molecule has 0 aromatic carbocycles. The molecule has 108 valence electrons. The summed E-state index contributed by atoms with van der Waals surface area (Å²) in [4.78, 5) is 13.1. The molecular formula is C13H24N2O3P+. The summed E-state index contributed by atoms with van der Waals surface area (Å²) in [5.41, 5.74) is 1.48. The molecule has 6 heteroatoms. The second-order valence-electron chi connectivity index (χ2n) is 5.73. The largest absolute Gasteiger partial charge is 0.696 e. The van der Waals surface area contributed by atoms with E-state index in [1.807, 2.05) is 0 Å². The van der Waals surface area contributed by atoms with Crippen LogP contribution in [-0.4, -0.2) is 48.1 Å². The first-order chi connectivity index (χ1) is 9.08. The maximum Gasteiger partial charge on any atom is 0.696 e. The van der Waals surface area contributed by atoms with Crippen LogP contribution in [0, 0.1) is 5.92 Å². The van der Waals surface area contributed by atoms with E-state index in [1.54, 1.807) is 0 Å². The van der Waals surface area contributed by atoms with E-state index < -0.39 is 8.25 Å². The van der Waals surface area contributed by atoms with Gasteiger partial charge in [0.25, 0.3) is 0 Å². The molecule has 3 unspecified atom stereocenters. The van der Waals surface area contributed by atoms with Crippen LogP contribution in [0.1, 0.15) is 32.1 Å². The SMILES string of the molecule is CN(C)CCC1=CN(CO[P+](=O)O)C2CCCCC12. The minimum atomic E-state index is -2.50. The summed E-state index contributed by atoms with van der Waals surface area (Å²) in [6.45, 7) is 1.29. The van der Waals surface area contributed by atoms with Crippen LogP contribution in [0.5, 0.6) is 0 Å². The first-order valence-electron chi connectivity index (χ1n) is 6.98. The van der Waals surface area contributed by atoms with Gasteiger partial charge in [0.1, 0.15) is 0 Å². The Hall–Kier alpha value is -0.480. The first kappa shape index (κ1) is 14.9. The van der Waals surface area contributed by atoms with Crippen molar-refractivity contribution in [2.45, 2.75) is 38.1 Å². The summed E-state index contributed by atoms with van der Waals surface area (Å²) in [7, 11) is 1.67. The van der Waals surface area contributed by atoms with E-state index in [-0.39, 0.29) is 6.73 Å². The molecule has 1 fully saturated rings. The average Bonchev–Trinajstić information content (AvgIpc) is 2.72. The van der Waals surface area contributed by atoms with Crippen molar-refractivity contribution >= 4 is 8.25 Å². The minimum absolute atomic E-state index is 0.234. The van der Waals surface area contributed by atoms with Gasteiger partial charge in [-0.15, -0.1) is 4.89 Å². The quantitative estimate of drug-likeness (QED) is 0.760. The van der Waals surface area contributed by atoms with Gasteiger partial charge in [-0.2, -0.15) is 0 Å². The molecule has 19 heavy (non-hydrogen) atoms. The van der Waals surface area contributed by atoms with Crippen LogP contribution in [0.3, 0.4) is 0 Å². The number of hydrogen-bond donors (Lipinski definition) is 1. The van der Waals surface area contributed by atoms with E-state index in [0.29, 0.717) is 12.0 Å². The molecular weight excluding hydrogens is 263 g/mol. The molecule has 0 saturated heterocycles. The van der Waals surface area contributed by atoms with Crippen molar-refractivity contribution in [1.82, 2.24) is 9.80 Å². The fourth-order valence-corrected chi connectivity index (χ4v) is 3.43. The molecule has 0 aromatic heterocycles. The molecule has 2 aliphatic rings. The van der Waals surface area contributed by atoms with Crippen molar-refractivity contribution in [3.05, 3.63) is 11.8 Å². The third kappa shape index (κ3) is 3.99. The highest BCUT2D eigenvalue weighted by Gasteiger charge is 2.37. The van der Waals surface area contributed by atoms with Crippen LogP contribution in [0.15, 0.2) is 11.8 Å². The highest BCUT2D eigenvalue weighted by Crippen LogP contribution is 2.40. The average molecular weight is 287 g/mol. The third-order valence-corrected chi connectivity index (χ3v) is 4.46. The van der Waals surface area contributed by atoms with Gasteiger partial charge in [0.2, 0.25) is 0 Å². The molecule has 1 heterocycles. The lowest BCUT2D eigenvalue weighted by atomic mass is 9.81. The lowest BCUT2D eigenvalue weighted by molar-refractivity contribution is 0.103. The molecule has 0 aromatic rings. The highest BCUT2D eigenvalue weighted by atomic mass is 31.1. The van der Waals surface area contributed by atoms with E-state index in [1.165, 1.54) is 24.8 Å². The van der Waals surface area contributed by atoms with E-state index >= 15 is 0 Å². The molecule has 0 radical (unpaired) electrons. The van der Waals surface area contributed by atoms with Crippen molar-refractivity contribution in [2.24, 2.45) is 5.92 Å². The monoisotopic (exact) mass is 287 g/mol. The minimum Gasteiger partial charge on any atom is -0.347 e. The zero-order valence-electron chi connectivity index (χ0n) is 11.8. The normalized spacial score (nSPS) is 27.5. The maximum absolute atomic E-state index is 10.7. The molecule has 3 atom stereocenters. The Kier molecular flexibility index (Phi) is 5.34. The lowest BCUT2D eigenvalue weighted by Gasteiger charge is -2.32. The van der Waals surface area contributed by atoms with Gasteiger partial charge in [-0.3, -0.25) is 0 Å². The van der Waals surface area contributed by atoms with E-state index in [0.717, 1.165) is 19.4 Å². The lowest BCUT2D eigenvalue weighted by Crippen LogP contribution is -2.35. The molecule has 0 bridgehead atoms. The summed E-state index contributed by atoms with van der Waals surface area (Å²) in [5.74, 6) is 0.619. The molecule has 1 saturated carbocycles. The maximum atomic E-state index is 10.7. The van der Waals surface area contributed by atoms with Crippen molar-refractivity contribution in [3.63, 3.8) is 0 Å². The first-order valence-corrected chi connectivity index (χ1v) is 8.11. The third-order valence-electron chi connectivity index (χ3n) is 4.13. The Labute approximate surface area is 116 Å². The zero-order valence-corrected chi connectivity index (χ0v) is 12.7. The number of nitrogens with zero attached hydrogens (tertiary/aromatic N) is 2. The van der Waals surface area contributed by atoms with Crippen LogP contribution in [0.4, 0.5) is 0 Å². The Morgan fingerprint density at radius 2 is 2.21 bits per heavy atom. The van der Waals surface area contributed by atoms with Gasteiger partial charge in [-0.25, -0.2) is 0 Å². The predicted molar refractivity (Wildman–Crippen MR) is 74.6 cm³/mol. The van der Waals surface area contributed by atoms with Gasteiger partial charge < -0.3 is 9.80 Å². The second kappa shape index (κ2) is 6.80. The summed E-state index contributed by atoms with van der Waals surface area (Å²) in [6, 6.07) is 0.473. The topological polar surface area (TPSA) is 53.0 Å². The molecule has 0 amide bonds. The molecule has 2 rings (SSSR count). The smallest absolute Gasteiger partial charge is 0.347 e. The van der Waals surface area contributed by atoms with Crippen LogP contribution >= 0.6 is 8.25 Å². The number of hydrogen-bond acceptors (Lipinski definition) is 4. The summed E-state index contributed by atoms with van der Waals surface area (Å²) >= 11 is 0. The van der Waals surface area contributed by atoms with Crippen molar-refractivity contribution in [2.75, 3.05) is 27.4 Å². The van der Waals surface area contributed by atoms with Crippen molar-refractivity contribution in [1.29, 1.82) is 0 Å². The molecule has 0 spiro atoms. The standard InChI is InChI=1S/C13H23N2O3P/c1-14(2)8-7-11-9-15(10-18-19(16)17)13-6-4-3-5-12(11)13/h9,12-13H,3-8,10H2,1-2H3/p+1. The van der Waals surface area contributed by atoms with Gasteiger partial charge >= 0.3 is 8.25 Å². The number of fused-ring (bicyclic) bond motifs is 1. The van der Waals surface area contributed by atoms with Crippen LogP contribution in [-0.2, 0) is 9.09 Å². The van der Waals surface area contributed by atoms with Crippen LogP contribution < -0.4 is 0 Å². The summed E-state index contributed by atoms with van der Waals surface area (Å²) in [5, 5.41) is 0. The second-order valence-corrected chi connectivity index (χ2v) is 6.46. The molecule has 1 aliphatic heterocycles. The Bertz CT molecular complexity index is 360. The van der Waals surface area contributed by atoms with Gasteiger partial charge in [0.05, 0.1) is 0 Å². The van der Waals surface area contributed by atoms with Crippen LogP contribution in [0.25, 0.3) is 0 Å². The molecule has 5 nitrogen and oxygen atoms in total. The molecule has 1 aliphatic carbocycles. The van der Waals surface area contributed by atoms with Crippen molar-refractivity contribution < 1.29 is 14.0 Å². The zero-order chi connectivity index (χ0) is 13.8. The van der Waals surface area contributed by atoms with E-state index in [9.17, 15) is 4.57 Å². The summed E-state index contributed by atoms with van der Waals surface area (Å²) in [6.07, 6.45) is 8.20. The van der Waals surface area contributed by atoms with Gasteiger partial charge in [-0.05, 0) is 38.9 Å². The Balaban J connectivity index is 1.98. The van der Waals surface area contributed by atoms with Gasteiger partial charge in [0.15, 0.2) is 6.73 Å². The number of rotatable bonds is 6. The van der Waals surface area contributed by atoms with Crippen LogP contribution in [0.2, 0.25) is 0 Å². The Morgan fingerprint density at radius 3 is 2.89 bits per heavy atom. The Morgan fingerprint density at radius 1 is 1.47 bits per heavy atom. The van der Waals surface area contributed by atoms with E-state index in [4.69, 9.17) is 9.42 Å². The highest BCUT2D eigenvalue weighted by molar-refractivity contribution is 7.32. The predicted octanol–water partition coefficient (Wildman–Crippen LogP) is 2.32. The fourth-order valence-electron chi connectivity index (χ4n) is 3.20. The van der Waals surface area contributed by atoms with Gasteiger partial charge in [-0.1, -0.05) is 17.4 Å². The fraction of sp³-hybridized carbons (Fsp3) is 0.846. The molecule has 1 N–H and O–H groups in total.